The van der Waals surface area contributed by atoms with Gasteiger partial charge in [-0.3, -0.25) is 0 Å². The zero-order chi connectivity index (χ0) is 17.8. The Morgan fingerprint density at radius 3 is 2.46 bits per heavy atom. The number of aliphatic hydroxyl groups excluding tert-OH is 1. The summed E-state index contributed by atoms with van der Waals surface area (Å²) in [5.41, 5.74) is 0. The van der Waals surface area contributed by atoms with Crippen molar-refractivity contribution in [2.45, 2.75) is 89.5 Å². The lowest BCUT2D eigenvalue weighted by Crippen LogP contribution is -2.54. The zero-order valence-corrected chi connectivity index (χ0v) is 17.3. The Balaban J connectivity index is 1.50. The van der Waals surface area contributed by atoms with Crippen LogP contribution in [0.5, 0.6) is 0 Å². The summed E-state index contributed by atoms with van der Waals surface area (Å²) in [5, 5.41) is 10.8. The van der Waals surface area contributed by atoms with Gasteiger partial charge in [0.15, 0.2) is 14.1 Å². The monoisotopic (exact) mass is 356 g/mol. The van der Waals surface area contributed by atoms with E-state index in [-0.39, 0.29) is 23.0 Å². The minimum atomic E-state index is -1.71. The molecule has 0 radical (unpaired) electrons. The molecule has 1 heterocycles. The summed E-state index contributed by atoms with van der Waals surface area (Å²) >= 11 is 0. The van der Waals surface area contributed by atoms with Crippen LogP contribution in [0.1, 0.15) is 53.4 Å². The summed E-state index contributed by atoms with van der Waals surface area (Å²) in [6.45, 7) is 15.1. The van der Waals surface area contributed by atoms with Crippen LogP contribution >= 0.6 is 0 Å². The molecule has 0 amide bonds. The van der Waals surface area contributed by atoms with Gasteiger partial charge in [0.2, 0.25) is 0 Å². The van der Waals surface area contributed by atoms with Crippen LogP contribution in [-0.4, -0.2) is 44.6 Å². The van der Waals surface area contributed by atoms with Gasteiger partial charge in [0.05, 0.1) is 19.3 Å². The van der Waals surface area contributed by atoms with Crippen LogP contribution in [0.15, 0.2) is 0 Å². The molecule has 0 aromatic heterocycles. The van der Waals surface area contributed by atoms with E-state index < -0.39 is 8.32 Å². The molecule has 1 spiro atoms. The molecule has 5 unspecified atom stereocenters. The first-order valence-electron chi connectivity index (χ1n) is 9.69. The van der Waals surface area contributed by atoms with Crippen LogP contribution in [-0.2, 0) is 13.9 Å². The molecule has 3 fully saturated rings. The minimum Gasteiger partial charge on any atom is -0.414 e. The second kappa shape index (κ2) is 6.34. The molecule has 1 N–H and O–H groups in total. The Kier molecular flexibility index (Phi) is 4.98. The van der Waals surface area contributed by atoms with Gasteiger partial charge < -0.3 is 19.0 Å². The van der Waals surface area contributed by atoms with Gasteiger partial charge in [-0.25, -0.2) is 0 Å². The molecular weight excluding hydrogens is 320 g/mol. The Labute approximate surface area is 148 Å². The predicted octanol–water partition coefficient (Wildman–Crippen LogP) is 3.94. The third kappa shape index (κ3) is 3.23. The predicted molar refractivity (Wildman–Crippen MR) is 97.3 cm³/mol. The van der Waals surface area contributed by atoms with Crippen LogP contribution in [0.2, 0.25) is 18.1 Å². The molecule has 4 nitrogen and oxygen atoms in total. The van der Waals surface area contributed by atoms with Gasteiger partial charge in [0, 0.05) is 18.4 Å². The fraction of sp³-hybridized carbons (Fsp3) is 1.00. The highest BCUT2D eigenvalue weighted by molar-refractivity contribution is 6.74. The molecule has 24 heavy (non-hydrogen) atoms. The number of rotatable bonds is 5. The number of hydrogen-bond acceptors (Lipinski definition) is 4. The van der Waals surface area contributed by atoms with Gasteiger partial charge >= 0.3 is 0 Å². The van der Waals surface area contributed by atoms with Crippen molar-refractivity contribution in [2.24, 2.45) is 17.8 Å². The first-order valence-corrected chi connectivity index (χ1v) is 12.6. The van der Waals surface area contributed by atoms with Crippen LogP contribution in [0.3, 0.4) is 0 Å². The lowest BCUT2D eigenvalue weighted by Gasteiger charge is -2.49. The molecule has 2 saturated carbocycles. The van der Waals surface area contributed by atoms with Crippen LogP contribution in [0.4, 0.5) is 0 Å². The van der Waals surface area contributed by atoms with E-state index in [1.807, 2.05) is 0 Å². The maximum absolute atomic E-state index is 10.5. The average molecular weight is 357 g/mol. The van der Waals surface area contributed by atoms with Gasteiger partial charge in [-0.2, -0.15) is 0 Å². The fourth-order valence-electron chi connectivity index (χ4n) is 4.69. The molecule has 0 bridgehead atoms. The smallest absolute Gasteiger partial charge is 0.192 e. The maximum Gasteiger partial charge on any atom is 0.192 e. The molecule has 0 aromatic rings. The highest BCUT2D eigenvalue weighted by Crippen LogP contribution is 2.60. The summed E-state index contributed by atoms with van der Waals surface area (Å²) in [7, 11) is -1.71. The van der Waals surface area contributed by atoms with E-state index in [1.165, 1.54) is 0 Å². The second-order valence-electron chi connectivity index (χ2n) is 9.72. The number of hydrogen-bond donors (Lipinski definition) is 1. The normalized spacial score (nSPS) is 36.6. The minimum absolute atomic E-state index is 0.202. The Bertz CT molecular complexity index is 453. The van der Waals surface area contributed by atoms with Gasteiger partial charge in [0.25, 0.3) is 0 Å². The molecule has 3 rings (SSSR count). The summed E-state index contributed by atoms with van der Waals surface area (Å²) in [6, 6.07) is 0. The Hall–Kier alpha value is 0.0569. The zero-order valence-electron chi connectivity index (χ0n) is 16.3. The molecule has 5 atom stereocenters. The van der Waals surface area contributed by atoms with Crippen LogP contribution in [0, 0.1) is 17.8 Å². The Morgan fingerprint density at radius 1 is 1.25 bits per heavy atom. The first-order chi connectivity index (χ1) is 11.1. The van der Waals surface area contributed by atoms with Gasteiger partial charge in [-0.05, 0) is 56.2 Å². The number of ether oxygens (including phenoxy) is 2. The van der Waals surface area contributed by atoms with Crippen molar-refractivity contribution in [3.8, 4) is 0 Å². The van der Waals surface area contributed by atoms with Crippen molar-refractivity contribution >= 4 is 8.32 Å². The highest BCUT2D eigenvalue weighted by atomic mass is 28.4. The van der Waals surface area contributed by atoms with Crippen molar-refractivity contribution in [1.29, 1.82) is 0 Å². The molecule has 3 aliphatic rings. The van der Waals surface area contributed by atoms with E-state index in [0.29, 0.717) is 31.0 Å². The number of fused-ring (bicyclic) bond motifs is 2. The quantitative estimate of drug-likeness (QED) is 0.758. The topological polar surface area (TPSA) is 47.9 Å². The highest BCUT2D eigenvalue weighted by Gasteiger charge is 2.64. The average Bonchev–Trinajstić information content (AvgIpc) is 3.01. The van der Waals surface area contributed by atoms with E-state index in [1.54, 1.807) is 0 Å². The van der Waals surface area contributed by atoms with Crippen molar-refractivity contribution < 1.29 is 19.0 Å². The standard InChI is InChI=1S/C19H36O4Si/c1-13(23-24(5,6)18(2,3)4)7-8-14-15-12-19(21-9-10-22-19)16(15)11-17(14)20/h13-17,20H,7-12H2,1-6H3. The lowest BCUT2D eigenvalue weighted by atomic mass is 9.66. The molecule has 1 aliphatic heterocycles. The number of aliphatic hydroxyl groups is 1. The summed E-state index contributed by atoms with van der Waals surface area (Å²) in [5.74, 6) is 1.01. The van der Waals surface area contributed by atoms with Crippen molar-refractivity contribution in [2.75, 3.05) is 13.2 Å². The van der Waals surface area contributed by atoms with E-state index in [9.17, 15) is 5.11 Å². The molecule has 140 valence electrons. The molecule has 1 saturated heterocycles. The summed E-state index contributed by atoms with van der Waals surface area (Å²) in [4.78, 5) is 0. The van der Waals surface area contributed by atoms with Crippen LogP contribution < -0.4 is 0 Å². The van der Waals surface area contributed by atoms with Gasteiger partial charge in [0.1, 0.15) is 0 Å². The first kappa shape index (κ1) is 18.8. The van der Waals surface area contributed by atoms with Crippen molar-refractivity contribution in [1.82, 2.24) is 0 Å². The van der Waals surface area contributed by atoms with E-state index in [2.05, 4.69) is 40.8 Å². The molecule has 0 aromatic carbocycles. The third-order valence-corrected chi connectivity index (χ3v) is 11.7. The van der Waals surface area contributed by atoms with E-state index in [0.717, 1.165) is 25.7 Å². The summed E-state index contributed by atoms with van der Waals surface area (Å²) < 4.78 is 18.2. The van der Waals surface area contributed by atoms with Gasteiger partial charge in [-0.1, -0.05) is 20.8 Å². The fourth-order valence-corrected chi connectivity index (χ4v) is 6.16. The Morgan fingerprint density at radius 2 is 1.88 bits per heavy atom. The van der Waals surface area contributed by atoms with Gasteiger partial charge in [-0.15, -0.1) is 0 Å². The van der Waals surface area contributed by atoms with Crippen molar-refractivity contribution in [3.05, 3.63) is 0 Å². The second-order valence-corrected chi connectivity index (χ2v) is 14.5. The molecular formula is C19H36O4Si. The van der Waals surface area contributed by atoms with Crippen molar-refractivity contribution in [3.63, 3.8) is 0 Å². The maximum atomic E-state index is 10.5. The summed E-state index contributed by atoms with van der Waals surface area (Å²) in [6.07, 6.45) is 3.96. The van der Waals surface area contributed by atoms with E-state index in [4.69, 9.17) is 13.9 Å². The lowest BCUT2D eigenvalue weighted by molar-refractivity contribution is -0.272. The van der Waals surface area contributed by atoms with Crippen LogP contribution in [0.25, 0.3) is 0 Å². The largest absolute Gasteiger partial charge is 0.414 e. The molecule has 5 heteroatoms. The van der Waals surface area contributed by atoms with E-state index >= 15 is 0 Å². The third-order valence-electron chi connectivity index (χ3n) is 7.13. The molecule has 2 aliphatic carbocycles. The SMILES string of the molecule is CC(CCC1C(O)CC2C1CC21OCCO1)O[Si](C)(C)C(C)(C)C.